The predicted molar refractivity (Wildman–Crippen MR) is 136 cm³/mol. The van der Waals surface area contributed by atoms with Gasteiger partial charge in [0, 0.05) is 0 Å². The molecular formula is C27H32N2O4S. The van der Waals surface area contributed by atoms with Crippen molar-refractivity contribution in [3.8, 4) is 5.75 Å². The molecule has 0 aliphatic heterocycles. The highest BCUT2D eigenvalue weighted by Crippen LogP contribution is 2.27. The highest BCUT2D eigenvalue weighted by Gasteiger charge is 2.28. The molecule has 34 heavy (non-hydrogen) atoms. The summed E-state index contributed by atoms with van der Waals surface area (Å²) in [5.74, 6) is 0.336. The Morgan fingerprint density at radius 1 is 0.941 bits per heavy atom. The van der Waals surface area contributed by atoms with Crippen LogP contribution in [0.4, 0.5) is 5.69 Å². The molecule has 1 N–H and O–H groups in total. The molecule has 180 valence electrons. The van der Waals surface area contributed by atoms with Crippen molar-refractivity contribution < 1.29 is 17.9 Å². The maximum absolute atomic E-state index is 13.5. The van der Waals surface area contributed by atoms with Gasteiger partial charge in [0.25, 0.3) is 10.0 Å². The van der Waals surface area contributed by atoms with E-state index in [1.54, 1.807) is 36.4 Å². The van der Waals surface area contributed by atoms with Crippen LogP contribution < -0.4 is 14.4 Å². The van der Waals surface area contributed by atoms with Crippen molar-refractivity contribution in [3.63, 3.8) is 0 Å². The van der Waals surface area contributed by atoms with Crippen LogP contribution in [-0.2, 0) is 21.2 Å². The van der Waals surface area contributed by atoms with Crippen molar-refractivity contribution in [2.75, 3.05) is 24.0 Å². The van der Waals surface area contributed by atoms with E-state index < -0.39 is 15.9 Å². The van der Waals surface area contributed by atoms with Crippen molar-refractivity contribution in [3.05, 3.63) is 89.0 Å². The van der Waals surface area contributed by atoms with E-state index >= 15 is 0 Å². The SMILES string of the molecule is CCc1ccccc1N(CC(=O)NCCOc1ccc(C)c(C)c1)S(=O)(=O)c1ccc(C)cc1. The highest BCUT2D eigenvalue weighted by atomic mass is 32.2. The molecule has 0 atom stereocenters. The maximum atomic E-state index is 13.5. The summed E-state index contributed by atoms with van der Waals surface area (Å²) in [4.78, 5) is 12.9. The van der Waals surface area contributed by atoms with Gasteiger partial charge in [-0.3, -0.25) is 9.10 Å². The maximum Gasteiger partial charge on any atom is 0.264 e. The number of rotatable bonds is 10. The van der Waals surface area contributed by atoms with Crippen LogP contribution in [0, 0.1) is 20.8 Å². The number of carbonyl (C=O) groups excluding carboxylic acids is 1. The number of hydrogen-bond donors (Lipinski definition) is 1. The third-order valence-electron chi connectivity index (χ3n) is 5.71. The lowest BCUT2D eigenvalue weighted by Crippen LogP contribution is -2.42. The zero-order valence-corrected chi connectivity index (χ0v) is 21.0. The standard InChI is InChI=1S/C27H32N2O4S/c1-5-23-8-6-7-9-26(23)29(34(31,32)25-14-10-20(2)11-15-25)19-27(30)28-16-17-33-24-13-12-21(3)22(4)18-24/h6-15,18H,5,16-17,19H2,1-4H3,(H,28,30). The first-order valence-electron chi connectivity index (χ1n) is 11.4. The monoisotopic (exact) mass is 480 g/mol. The summed E-state index contributed by atoms with van der Waals surface area (Å²) in [6.07, 6.45) is 0.640. The minimum absolute atomic E-state index is 0.148. The number of amides is 1. The molecule has 0 aliphatic rings. The largest absolute Gasteiger partial charge is 0.492 e. The fourth-order valence-corrected chi connectivity index (χ4v) is 5.00. The molecule has 0 radical (unpaired) electrons. The van der Waals surface area contributed by atoms with Crippen LogP contribution in [0.15, 0.2) is 71.6 Å². The number of hydrogen-bond acceptors (Lipinski definition) is 4. The predicted octanol–water partition coefficient (Wildman–Crippen LogP) is 4.56. The topological polar surface area (TPSA) is 75.7 Å². The van der Waals surface area contributed by atoms with Gasteiger partial charge in [0.15, 0.2) is 0 Å². The number of anilines is 1. The summed E-state index contributed by atoms with van der Waals surface area (Å²) < 4.78 is 34.0. The summed E-state index contributed by atoms with van der Waals surface area (Å²) >= 11 is 0. The van der Waals surface area contributed by atoms with Crippen LogP contribution >= 0.6 is 0 Å². The van der Waals surface area contributed by atoms with E-state index in [-0.39, 0.29) is 24.6 Å². The van der Waals surface area contributed by atoms with E-state index in [1.807, 2.05) is 58.0 Å². The highest BCUT2D eigenvalue weighted by molar-refractivity contribution is 7.92. The zero-order valence-electron chi connectivity index (χ0n) is 20.2. The molecule has 0 fully saturated rings. The van der Waals surface area contributed by atoms with Crippen molar-refractivity contribution >= 4 is 21.6 Å². The van der Waals surface area contributed by atoms with E-state index in [2.05, 4.69) is 5.32 Å². The Hall–Kier alpha value is -3.32. The van der Waals surface area contributed by atoms with Gasteiger partial charge in [0.1, 0.15) is 18.9 Å². The fraction of sp³-hybridized carbons (Fsp3) is 0.296. The molecule has 0 aromatic heterocycles. The molecular weight excluding hydrogens is 448 g/mol. The molecule has 6 nitrogen and oxygen atoms in total. The number of nitrogens with zero attached hydrogens (tertiary/aromatic N) is 1. The zero-order chi connectivity index (χ0) is 24.7. The minimum atomic E-state index is -3.94. The normalized spacial score (nSPS) is 11.2. The number of sulfonamides is 1. The van der Waals surface area contributed by atoms with Gasteiger partial charge in [0.2, 0.25) is 5.91 Å². The van der Waals surface area contributed by atoms with Crippen LogP contribution in [0.2, 0.25) is 0 Å². The van der Waals surface area contributed by atoms with Gasteiger partial charge in [-0.2, -0.15) is 0 Å². The Bertz CT molecular complexity index is 1240. The number of aryl methyl sites for hydroxylation is 4. The van der Waals surface area contributed by atoms with Gasteiger partial charge < -0.3 is 10.1 Å². The lowest BCUT2D eigenvalue weighted by Gasteiger charge is -2.26. The molecule has 3 rings (SSSR count). The fourth-order valence-electron chi connectivity index (χ4n) is 3.54. The summed E-state index contributed by atoms with van der Waals surface area (Å²) in [5.41, 5.74) is 4.63. The van der Waals surface area contributed by atoms with Crippen LogP contribution in [0.3, 0.4) is 0 Å². The Labute approximate surface area is 202 Å². The first-order chi connectivity index (χ1) is 16.2. The Kier molecular flexibility index (Phi) is 8.34. The molecule has 0 saturated carbocycles. The van der Waals surface area contributed by atoms with Crippen molar-refractivity contribution in [1.82, 2.24) is 5.32 Å². The van der Waals surface area contributed by atoms with Crippen LogP contribution in [0.5, 0.6) is 5.75 Å². The Balaban J connectivity index is 1.74. The van der Waals surface area contributed by atoms with E-state index in [9.17, 15) is 13.2 Å². The van der Waals surface area contributed by atoms with E-state index in [4.69, 9.17) is 4.74 Å². The quantitative estimate of drug-likeness (QED) is 0.432. The Morgan fingerprint density at radius 2 is 1.65 bits per heavy atom. The van der Waals surface area contributed by atoms with Gasteiger partial charge in [-0.05, 0) is 74.2 Å². The van der Waals surface area contributed by atoms with Crippen molar-refractivity contribution in [1.29, 1.82) is 0 Å². The van der Waals surface area contributed by atoms with Crippen molar-refractivity contribution in [2.45, 2.75) is 39.0 Å². The van der Waals surface area contributed by atoms with Crippen LogP contribution in [0.1, 0.15) is 29.2 Å². The third kappa shape index (κ3) is 6.17. The van der Waals surface area contributed by atoms with Gasteiger partial charge in [0.05, 0.1) is 17.1 Å². The smallest absolute Gasteiger partial charge is 0.264 e. The first kappa shape index (κ1) is 25.3. The molecule has 3 aromatic carbocycles. The number of carbonyl (C=O) groups is 1. The molecule has 0 spiro atoms. The molecule has 7 heteroatoms. The van der Waals surface area contributed by atoms with Gasteiger partial charge in [-0.15, -0.1) is 0 Å². The molecule has 3 aromatic rings. The number of benzene rings is 3. The summed E-state index contributed by atoms with van der Waals surface area (Å²) in [5, 5.41) is 2.78. The average Bonchev–Trinajstić information content (AvgIpc) is 2.82. The summed E-state index contributed by atoms with van der Waals surface area (Å²) in [7, 11) is -3.94. The van der Waals surface area contributed by atoms with E-state index in [0.717, 1.165) is 22.4 Å². The van der Waals surface area contributed by atoms with Crippen molar-refractivity contribution in [2.24, 2.45) is 0 Å². The molecule has 0 unspecified atom stereocenters. The molecule has 0 saturated heterocycles. The minimum Gasteiger partial charge on any atom is -0.492 e. The van der Waals surface area contributed by atoms with Gasteiger partial charge in [-0.1, -0.05) is 48.9 Å². The average molecular weight is 481 g/mol. The first-order valence-corrected chi connectivity index (χ1v) is 12.8. The second kappa shape index (κ2) is 11.2. The third-order valence-corrected chi connectivity index (χ3v) is 7.48. The van der Waals surface area contributed by atoms with Crippen LogP contribution in [0.25, 0.3) is 0 Å². The number of nitrogens with one attached hydrogen (secondary N) is 1. The number of para-hydroxylation sites is 1. The number of ether oxygens (including phenoxy) is 1. The van der Waals surface area contributed by atoms with Crippen LogP contribution in [-0.4, -0.2) is 34.0 Å². The summed E-state index contributed by atoms with van der Waals surface area (Å²) in [6.45, 7) is 8.13. The molecule has 0 bridgehead atoms. The van der Waals surface area contributed by atoms with E-state index in [0.29, 0.717) is 12.1 Å². The van der Waals surface area contributed by atoms with Gasteiger partial charge >= 0.3 is 0 Å². The second-order valence-electron chi connectivity index (χ2n) is 8.25. The molecule has 0 heterocycles. The lowest BCUT2D eigenvalue weighted by molar-refractivity contribution is -0.119. The second-order valence-corrected chi connectivity index (χ2v) is 10.1. The Morgan fingerprint density at radius 3 is 2.32 bits per heavy atom. The molecule has 1 amide bonds. The van der Waals surface area contributed by atoms with Gasteiger partial charge in [-0.25, -0.2) is 8.42 Å². The summed E-state index contributed by atoms with van der Waals surface area (Å²) in [6, 6.07) is 19.7. The lowest BCUT2D eigenvalue weighted by atomic mass is 10.1. The molecule has 0 aliphatic carbocycles. The van der Waals surface area contributed by atoms with E-state index in [1.165, 1.54) is 9.87 Å².